The smallest absolute Gasteiger partial charge is 0.340 e. The zero-order chi connectivity index (χ0) is 17.3. The van der Waals surface area contributed by atoms with Crippen LogP contribution in [0.2, 0.25) is 0 Å². The molecule has 0 bridgehead atoms. The molecule has 3 aromatic rings. The van der Waals surface area contributed by atoms with E-state index in [9.17, 15) is 9.90 Å². The highest BCUT2D eigenvalue weighted by Gasteiger charge is 2.14. The Labute approximate surface area is 139 Å². The molecule has 24 heavy (non-hydrogen) atoms. The number of nitrogens with zero attached hydrogens (tertiary/aromatic N) is 2. The fourth-order valence-electron chi connectivity index (χ4n) is 2.44. The second-order valence-electron chi connectivity index (χ2n) is 6.09. The third kappa shape index (κ3) is 3.12. The number of carbonyl (C=O) groups excluding carboxylic acids is 1. The van der Waals surface area contributed by atoms with Gasteiger partial charge in [-0.25, -0.2) is 14.8 Å². The maximum Gasteiger partial charge on any atom is 0.340 e. The van der Waals surface area contributed by atoms with E-state index in [0.29, 0.717) is 22.1 Å². The van der Waals surface area contributed by atoms with Gasteiger partial charge in [0.2, 0.25) is 0 Å². The summed E-state index contributed by atoms with van der Waals surface area (Å²) >= 11 is 0. The number of aliphatic hydroxyl groups is 1. The number of carbonyl (C=O) groups is 1. The Kier molecular flexibility index (Phi) is 4.03. The average Bonchev–Trinajstić information content (AvgIpc) is 2.56. The number of hydrogen-bond donors (Lipinski definition) is 1. The maximum absolute atomic E-state index is 12.0. The molecule has 0 aliphatic rings. The van der Waals surface area contributed by atoms with Gasteiger partial charge in [0.1, 0.15) is 5.52 Å². The number of fused-ring (bicyclic) bond motifs is 2. The number of hydrogen-bond acceptors (Lipinski definition) is 5. The van der Waals surface area contributed by atoms with E-state index in [1.165, 1.54) is 7.11 Å². The van der Waals surface area contributed by atoms with Crippen LogP contribution in [0, 0.1) is 0 Å². The number of aromatic nitrogens is 2. The lowest BCUT2D eigenvalue weighted by Crippen LogP contribution is -2.13. The first-order chi connectivity index (χ1) is 11.4. The Balaban J connectivity index is 2.28. The summed E-state index contributed by atoms with van der Waals surface area (Å²) in [6, 6.07) is 10.9. The van der Waals surface area contributed by atoms with E-state index in [4.69, 9.17) is 4.74 Å². The highest BCUT2D eigenvalue weighted by Crippen LogP contribution is 2.23. The Morgan fingerprint density at radius 3 is 2.42 bits per heavy atom. The second-order valence-corrected chi connectivity index (χ2v) is 6.09. The summed E-state index contributed by atoms with van der Waals surface area (Å²) < 4.78 is 4.83. The molecule has 2 aromatic carbocycles. The van der Waals surface area contributed by atoms with Crippen LogP contribution in [0.15, 0.2) is 42.5 Å². The molecule has 0 aliphatic carbocycles. The number of para-hydroxylation sites is 2. The highest BCUT2D eigenvalue weighted by atomic mass is 16.5. The van der Waals surface area contributed by atoms with Crippen LogP contribution < -0.4 is 0 Å². The van der Waals surface area contributed by atoms with Crippen LogP contribution in [0.25, 0.3) is 28.1 Å². The molecule has 0 unspecified atom stereocenters. The van der Waals surface area contributed by atoms with Gasteiger partial charge in [-0.15, -0.1) is 0 Å². The summed E-state index contributed by atoms with van der Waals surface area (Å²) in [5.74, 6) is -0.446. The lowest BCUT2D eigenvalue weighted by Gasteiger charge is -2.11. The van der Waals surface area contributed by atoms with Gasteiger partial charge in [-0.2, -0.15) is 0 Å². The van der Waals surface area contributed by atoms with Crippen molar-refractivity contribution in [1.29, 1.82) is 0 Å². The summed E-state index contributed by atoms with van der Waals surface area (Å²) in [4.78, 5) is 21.2. The molecule has 0 saturated heterocycles. The molecule has 0 amide bonds. The number of rotatable bonds is 3. The predicted molar refractivity (Wildman–Crippen MR) is 93.7 cm³/mol. The van der Waals surface area contributed by atoms with Gasteiger partial charge in [-0.3, -0.25) is 0 Å². The fraction of sp³-hybridized carbons (Fsp3) is 0.211. The van der Waals surface area contributed by atoms with Crippen molar-refractivity contribution >= 4 is 34.1 Å². The molecule has 0 atom stereocenters. The standard InChI is InChI=1S/C19H18N2O3/c1-19(2,23)11-10-12-6-4-8-14-16(12)21-17-13(18(22)24-3)7-5-9-15(17)20-14/h4-11,23H,1-3H3/b11-10+. The molecule has 5 nitrogen and oxygen atoms in total. The summed E-state index contributed by atoms with van der Waals surface area (Å²) in [7, 11) is 1.34. The topological polar surface area (TPSA) is 72.3 Å². The summed E-state index contributed by atoms with van der Waals surface area (Å²) in [5, 5.41) is 9.89. The van der Waals surface area contributed by atoms with Crippen molar-refractivity contribution in [3.05, 3.63) is 53.6 Å². The van der Waals surface area contributed by atoms with Crippen LogP contribution in [-0.2, 0) is 4.74 Å². The molecular weight excluding hydrogens is 304 g/mol. The number of methoxy groups -OCH3 is 1. The average molecular weight is 322 g/mol. The zero-order valence-electron chi connectivity index (χ0n) is 13.8. The summed E-state index contributed by atoms with van der Waals surface area (Å²) in [6.45, 7) is 3.40. The van der Waals surface area contributed by atoms with Crippen LogP contribution in [0.5, 0.6) is 0 Å². The monoisotopic (exact) mass is 322 g/mol. The van der Waals surface area contributed by atoms with E-state index in [-0.39, 0.29) is 0 Å². The van der Waals surface area contributed by atoms with Gasteiger partial charge in [0, 0.05) is 5.56 Å². The minimum atomic E-state index is -0.927. The van der Waals surface area contributed by atoms with E-state index < -0.39 is 11.6 Å². The zero-order valence-corrected chi connectivity index (χ0v) is 13.8. The third-order valence-electron chi connectivity index (χ3n) is 3.60. The SMILES string of the molecule is COC(=O)c1cccc2nc3cccc(/C=C/C(C)(C)O)c3nc12. The highest BCUT2D eigenvalue weighted by molar-refractivity contribution is 6.04. The van der Waals surface area contributed by atoms with Crippen molar-refractivity contribution in [1.82, 2.24) is 9.97 Å². The molecule has 0 saturated carbocycles. The van der Waals surface area contributed by atoms with Crippen molar-refractivity contribution in [2.24, 2.45) is 0 Å². The third-order valence-corrected chi connectivity index (χ3v) is 3.60. The van der Waals surface area contributed by atoms with Gasteiger partial charge in [-0.1, -0.05) is 30.4 Å². The molecule has 1 aromatic heterocycles. The Hall–Kier alpha value is -2.79. The first kappa shape index (κ1) is 16.1. The summed E-state index contributed by atoms with van der Waals surface area (Å²) in [5.41, 5.74) is 2.80. The van der Waals surface area contributed by atoms with E-state index >= 15 is 0 Å². The van der Waals surface area contributed by atoms with Crippen molar-refractivity contribution in [3.63, 3.8) is 0 Å². The molecule has 122 valence electrons. The minimum absolute atomic E-state index is 0.380. The molecule has 5 heteroatoms. The van der Waals surface area contributed by atoms with Gasteiger partial charge in [0.05, 0.1) is 34.8 Å². The number of ether oxygens (including phenoxy) is 1. The van der Waals surface area contributed by atoms with E-state index in [0.717, 1.165) is 11.1 Å². The van der Waals surface area contributed by atoms with Crippen LogP contribution in [0.1, 0.15) is 29.8 Å². The first-order valence-electron chi connectivity index (χ1n) is 7.58. The van der Waals surface area contributed by atoms with Crippen LogP contribution in [0.4, 0.5) is 0 Å². The Bertz CT molecular complexity index is 956. The minimum Gasteiger partial charge on any atom is -0.465 e. The first-order valence-corrected chi connectivity index (χ1v) is 7.58. The number of esters is 1. The largest absolute Gasteiger partial charge is 0.465 e. The van der Waals surface area contributed by atoms with Crippen molar-refractivity contribution < 1.29 is 14.6 Å². The van der Waals surface area contributed by atoms with Gasteiger partial charge in [-0.05, 0) is 32.0 Å². The van der Waals surface area contributed by atoms with Crippen LogP contribution in [0.3, 0.4) is 0 Å². The quantitative estimate of drug-likeness (QED) is 0.591. The van der Waals surface area contributed by atoms with Crippen molar-refractivity contribution in [2.75, 3.05) is 7.11 Å². The molecule has 1 N–H and O–H groups in total. The lowest BCUT2D eigenvalue weighted by atomic mass is 10.1. The molecule has 0 aliphatic heterocycles. The van der Waals surface area contributed by atoms with E-state index in [1.807, 2.05) is 30.3 Å². The molecule has 3 rings (SSSR count). The van der Waals surface area contributed by atoms with Crippen LogP contribution in [-0.4, -0.2) is 33.8 Å². The molecule has 0 spiro atoms. The normalized spacial score (nSPS) is 12.2. The lowest BCUT2D eigenvalue weighted by molar-refractivity contribution is 0.0602. The van der Waals surface area contributed by atoms with Gasteiger partial charge >= 0.3 is 5.97 Å². The van der Waals surface area contributed by atoms with E-state index in [2.05, 4.69) is 9.97 Å². The Morgan fingerprint density at radius 2 is 1.75 bits per heavy atom. The molecule has 0 radical (unpaired) electrons. The van der Waals surface area contributed by atoms with Crippen LogP contribution >= 0.6 is 0 Å². The molecule has 1 heterocycles. The van der Waals surface area contributed by atoms with E-state index in [1.54, 1.807) is 32.1 Å². The molecular formula is C19H18N2O3. The van der Waals surface area contributed by atoms with Crippen molar-refractivity contribution in [3.8, 4) is 0 Å². The fourth-order valence-corrected chi connectivity index (χ4v) is 2.44. The van der Waals surface area contributed by atoms with Crippen molar-refractivity contribution in [2.45, 2.75) is 19.4 Å². The maximum atomic E-state index is 12.0. The Morgan fingerprint density at radius 1 is 1.08 bits per heavy atom. The summed E-state index contributed by atoms with van der Waals surface area (Å²) in [6.07, 6.45) is 3.50. The van der Waals surface area contributed by atoms with Gasteiger partial charge in [0.15, 0.2) is 0 Å². The molecule has 0 fully saturated rings. The van der Waals surface area contributed by atoms with Gasteiger partial charge < -0.3 is 9.84 Å². The van der Waals surface area contributed by atoms with Gasteiger partial charge in [0.25, 0.3) is 0 Å². The number of benzene rings is 2. The predicted octanol–water partition coefficient (Wildman–Crippen LogP) is 3.35. The second kappa shape index (κ2) is 6.02.